The summed E-state index contributed by atoms with van der Waals surface area (Å²) >= 11 is 0. The fourth-order valence-corrected chi connectivity index (χ4v) is 1.93. The standard InChI is InChI=1S/C15H10N4O2/c16-9-12-13(7-4-8-17-12)19-14(20)10-21-15(18-19)11-5-2-1-3-6-11/h1-8H,10H2. The van der Waals surface area contributed by atoms with Crippen molar-refractivity contribution in [1.82, 2.24) is 4.98 Å². The zero-order valence-corrected chi connectivity index (χ0v) is 10.9. The van der Waals surface area contributed by atoms with Crippen LogP contribution in [0.4, 0.5) is 5.69 Å². The number of hydrogen-bond donors (Lipinski definition) is 0. The average Bonchev–Trinajstić information content (AvgIpc) is 2.56. The van der Waals surface area contributed by atoms with Crippen LogP contribution in [-0.4, -0.2) is 23.4 Å². The second-order valence-electron chi connectivity index (χ2n) is 4.25. The number of carbonyl (C=O) groups is 1. The molecular formula is C15H10N4O2. The van der Waals surface area contributed by atoms with Crippen molar-refractivity contribution >= 4 is 17.5 Å². The van der Waals surface area contributed by atoms with E-state index in [9.17, 15) is 4.79 Å². The maximum absolute atomic E-state index is 12.0. The van der Waals surface area contributed by atoms with Gasteiger partial charge in [0.2, 0.25) is 5.90 Å². The smallest absolute Gasteiger partial charge is 0.285 e. The van der Waals surface area contributed by atoms with Crippen molar-refractivity contribution in [1.29, 1.82) is 5.26 Å². The van der Waals surface area contributed by atoms with Gasteiger partial charge in [-0.25, -0.2) is 4.98 Å². The van der Waals surface area contributed by atoms with Gasteiger partial charge in [-0.2, -0.15) is 10.3 Å². The molecule has 0 spiro atoms. The molecule has 2 aromatic rings. The van der Waals surface area contributed by atoms with Gasteiger partial charge in [-0.15, -0.1) is 5.10 Å². The van der Waals surface area contributed by atoms with E-state index in [1.54, 1.807) is 12.1 Å². The highest BCUT2D eigenvalue weighted by molar-refractivity contribution is 6.04. The molecule has 3 rings (SSSR count). The minimum atomic E-state index is -0.348. The molecule has 1 aliphatic rings. The first kappa shape index (κ1) is 12.8. The summed E-state index contributed by atoms with van der Waals surface area (Å²) in [6, 6.07) is 14.5. The lowest BCUT2D eigenvalue weighted by atomic mass is 10.2. The van der Waals surface area contributed by atoms with Crippen LogP contribution in [0.2, 0.25) is 0 Å². The molecule has 0 bridgehead atoms. The minimum Gasteiger partial charge on any atom is -0.466 e. The van der Waals surface area contributed by atoms with Crippen LogP contribution in [-0.2, 0) is 9.53 Å². The maximum Gasteiger partial charge on any atom is 0.285 e. The Balaban J connectivity index is 2.05. The average molecular weight is 278 g/mol. The maximum atomic E-state index is 12.0. The molecule has 1 aromatic carbocycles. The highest BCUT2D eigenvalue weighted by Crippen LogP contribution is 2.21. The zero-order valence-electron chi connectivity index (χ0n) is 10.9. The third-order valence-electron chi connectivity index (χ3n) is 2.90. The van der Waals surface area contributed by atoms with E-state index in [-0.39, 0.29) is 18.2 Å². The van der Waals surface area contributed by atoms with Gasteiger partial charge in [0.05, 0.1) is 0 Å². The number of rotatable bonds is 2. The van der Waals surface area contributed by atoms with E-state index < -0.39 is 0 Å². The summed E-state index contributed by atoms with van der Waals surface area (Å²) in [5.74, 6) is -0.0119. The lowest BCUT2D eigenvalue weighted by Crippen LogP contribution is -2.37. The predicted molar refractivity (Wildman–Crippen MR) is 75.4 cm³/mol. The molecule has 0 radical (unpaired) electrons. The second-order valence-corrected chi connectivity index (χ2v) is 4.25. The first-order chi connectivity index (χ1) is 10.3. The highest BCUT2D eigenvalue weighted by Gasteiger charge is 2.26. The second kappa shape index (κ2) is 5.43. The molecule has 21 heavy (non-hydrogen) atoms. The third kappa shape index (κ3) is 2.44. The van der Waals surface area contributed by atoms with Crippen LogP contribution in [0.5, 0.6) is 0 Å². The summed E-state index contributed by atoms with van der Waals surface area (Å²) in [5.41, 5.74) is 1.25. The number of anilines is 1. The van der Waals surface area contributed by atoms with E-state index in [1.165, 1.54) is 6.20 Å². The first-order valence-electron chi connectivity index (χ1n) is 6.24. The topological polar surface area (TPSA) is 78.6 Å². The van der Waals surface area contributed by atoms with Crippen LogP contribution in [0, 0.1) is 11.3 Å². The van der Waals surface area contributed by atoms with E-state index in [1.807, 2.05) is 36.4 Å². The monoisotopic (exact) mass is 278 g/mol. The van der Waals surface area contributed by atoms with Gasteiger partial charge in [0.15, 0.2) is 12.3 Å². The summed E-state index contributed by atoms with van der Waals surface area (Å²) in [6.45, 7) is -0.131. The van der Waals surface area contributed by atoms with Crippen LogP contribution in [0.15, 0.2) is 53.8 Å². The molecular weight excluding hydrogens is 268 g/mol. The number of hydrazone groups is 1. The molecule has 1 aliphatic heterocycles. The fourth-order valence-electron chi connectivity index (χ4n) is 1.93. The van der Waals surface area contributed by atoms with E-state index >= 15 is 0 Å². The van der Waals surface area contributed by atoms with E-state index in [4.69, 9.17) is 10.00 Å². The van der Waals surface area contributed by atoms with E-state index in [0.29, 0.717) is 11.6 Å². The van der Waals surface area contributed by atoms with Gasteiger partial charge < -0.3 is 4.74 Å². The number of nitrogens with zero attached hydrogens (tertiary/aromatic N) is 4. The molecule has 0 saturated heterocycles. The lowest BCUT2D eigenvalue weighted by Gasteiger charge is -2.24. The van der Waals surface area contributed by atoms with Gasteiger partial charge in [-0.05, 0) is 24.3 Å². The molecule has 0 saturated carbocycles. The Kier molecular flexibility index (Phi) is 3.31. The molecule has 6 heteroatoms. The van der Waals surface area contributed by atoms with Gasteiger partial charge in [0, 0.05) is 11.8 Å². The van der Waals surface area contributed by atoms with E-state index in [0.717, 1.165) is 10.6 Å². The third-order valence-corrected chi connectivity index (χ3v) is 2.90. The molecule has 102 valence electrons. The summed E-state index contributed by atoms with van der Waals surface area (Å²) in [6.07, 6.45) is 1.49. The Labute approximate surface area is 120 Å². The lowest BCUT2D eigenvalue weighted by molar-refractivity contribution is -0.121. The van der Waals surface area contributed by atoms with Crippen LogP contribution in [0.3, 0.4) is 0 Å². The molecule has 6 nitrogen and oxygen atoms in total. The number of benzene rings is 1. The summed E-state index contributed by atoms with van der Waals surface area (Å²) in [4.78, 5) is 15.9. The number of hydrogen-bond acceptors (Lipinski definition) is 5. The molecule has 0 N–H and O–H groups in total. The highest BCUT2D eigenvalue weighted by atomic mass is 16.5. The minimum absolute atomic E-state index is 0.131. The molecule has 0 fully saturated rings. The van der Waals surface area contributed by atoms with Crippen molar-refractivity contribution in [2.75, 3.05) is 11.6 Å². The van der Waals surface area contributed by atoms with Gasteiger partial charge in [0.25, 0.3) is 5.91 Å². The number of amides is 1. The van der Waals surface area contributed by atoms with Crippen molar-refractivity contribution in [3.05, 3.63) is 59.9 Å². The SMILES string of the molecule is N#Cc1ncccc1N1N=C(c2ccccc2)OCC1=O. The Hall–Kier alpha value is -3.20. The molecule has 0 aliphatic carbocycles. The van der Waals surface area contributed by atoms with Crippen LogP contribution in [0.25, 0.3) is 0 Å². The zero-order chi connectivity index (χ0) is 14.7. The summed E-state index contributed by atoms with van der Waals surface area (Å²) in [5, 5.41) is 14.5. The van der Waals surface area contributed by atoms with Crippen LogP contribution < -0.4 is 5.01 Å². The number of pyridine rings is 1. The van der Waals surface area contributed by atoms with E-state index in [2.05, 4.69) is 10.1 Å². The fraction of sp³-hybridized carbons (Fsp3) is 0.0667. The molecule has 1 amide bonds. The van der Waals surface area contributed by atoms with Gasteiger partial charge in [-0.1, -0.05) is 18.2 Å². The molecule has 0 atom stereocenters. The summed E-state index contributed by atoms with van der Waals surface area (Å²) < 4.78 is 5.36. The van der Waals surface area contributed by atoms with Gasteiger partial charge >= 0.3 is 0 Å². The summed E-state index contributed by atoms with van der Waals surface area (Å²) in [7, 11) is 0. The Morgan fingerprint density at radius 2 is 2.00 bits per heavy atom. The quantitative estimate of drug-likeness (QED) is 0.837. The van der Waals surface area contributed by atoms with Gasteiger partial charge in [-0.3, -0.25) is 4.79 Å². The van der Waals surface area contributed by atoms with Crippen molar-refractivity contribution in [3.8, 4) is 6.07 Å². The first-order valence-corrected chi connectivity index (χ1v) is 6.24. The number of nitriles is 1. The van der Waals surface area contributed by atoms with Crippen molar-refractivity contribution in [2.45, 2.75) is 0 Å². The number of ether oxygens (including phenoxy) is 1. The predicted octanol–water partition coefficient (Wildman–Crippen LogP) is 1.68. The van der Waals surface area contributed by atoms with Crippen LogP contribution >= 0.6 is 0 Å². The molecule has 2 heterocycles. The Morgan fingerprint density at radius 1 is 1.19 bits per heavy atom. The van der Waals surface area contributed by atoms with Crippen molar-refractivity contribution in [2.24, 2.45) is 5.10 Å². The molecule has 1 aromatic heterocycles. The number of aromatic nitrogens is 1. The van der Waals surface area contributed by atoms with Crippen LogP contribution in [0.1, 0.15) is 11.3 Å². The van der Waals surface area contributed by atoms with Gasteiger partial charge in [0.1, 0.15) is 11.8 Å². The Bertz CT molecular complexity index is 750. The van der Waals surface area contributed by atoms with Crippen molar-refractivity contribution < 1.29 is 9.53 Å². The number of carbonyl (C=O) groups excluding carboxylic acids is 1. The Morgan fingerprint density at radius 3 is 2.76 bits per heavy atom. The molecule has 0 unspecified atom stereocenters. The van der Waals surface area contributed by atoms with Crippen molar-refractivity contribution in [3.63, 3.8) is 0 Å². The largest absolute Gasteiger partial charge is 0.466 e. The normalized spacial score (nSPS) is 14.1.